The van der Waals surface area contributed by atoms with Crippen LogP contribution in [0.5, 0.6) is 5.75 Å². The molecule has 0 aliphatic rings. The topological polar surface area (TPSA) is 26.3 Å². The standard InChI is InChI=1S/C18H28O2Si/c1-8-18(19)16-9-11-17(12-10-16)20-21(13(2)3,14(4)5)15(6)7/h8-15H,1H2,2-7H3. The van der Waals surface area contributed by atoms with Crippen molar-refractivity contribution < 1.29 is 9.22 Å². The Hall–Kier alpha value is -1.35. The predicted octanol–water partition coefficient (Wildman–Crippen LogP) is 5.61. The van der Waals surface area contributed by atoms with Crippen molar-refractivity contribution in [1.29, 1.82) is 0 Å². The van der Waals surface area contributed by atoms with E-state index in [1.54, 1.807) is 0 Å². The minimum Gasteiger partial charge on any atom is -0.543 e. The predicted molar refractivity (Wildman–Crippen MR) is 92.6 cm³/mol. The quantitative estimate of drug-likeness (QED) is 0.372. The van der Waals surface area contributed by atoms with Crippen molar-refractivity contribution >= 4 is 14.1 Å². The maximum absolute atomic E-state index is 11.6. The summed E-state index contributed by atoms with van der Waals surface area (Å²) in [5, 5.41) is 0. The van der Waals surface area contributed by atoms with Gasteiger partial charge in [0.05, 0.1) is 0 Å². The zero-order valence-corrected chi connectivity index (χ0v) is 15.1. The minimum absolute atomic E-state index is 0.0540. The Kier molecular flexibility index (Phi) is 5.96. The summed E-state index contributed by atoms with van der Waals surface area (Å²) in [6.45, 7) is 17.1. The fourth-order valence-electron chi connectivity index (χ4n) is 3.36. The highest BCUT2D eigenvalue weighted by molar-refractivity contribution is 6.78. The maximum Gasteiger partial charge on any atom is 0.258 e. The van der Waals surface area contributed by atoms with Crippen molar-refractivity contribution in [2.24, 2.45) is 0 Å². The molecule has 0 radical (unpaired) electrons. The highest BCUT2D eigenvalue weighted by Gasteiger charge is 2.46. The Bertz CT molecular complexity index is 465. The molecule has 0 saturated heterocycles. The molecule has 0 aliphatic heterocycles. The van der Waals surface area contributed by atoms with Gasteiger partial charge >= 0.3 is 0 Å². The smallest absolute Gasteiger partial charge is 0.258 e. The summed E-state index contributed by atoms with van der Waals surface area (Å²) in [4.78, 5) is 11.6. The molecule has 0 fully saturated rings. The molecular formula is C18H28O2Si. The largest absolute Gasteiger partial charge is 0.543 e. The number of benzene rings is 1. The SMILES string of the molecule is C=CC(=O)c1ccc(O[Si](C(C)C)(C(C)C)C(C)C)cc1. The molecule has 0 unspecified atom stereocenters. The number of ketones is 1. The molecular weight excluding hydrogens is 276 g/mol. The zero-order valence-electron chi connectivity index (χ0n) is 14.1. The van der Waals surface area contributed by atoms with E-state index in [2.05, 4.69) is 48.1 Å². The van der Waals surface area contributed by atoms with Crippen LogP contribution in [0.25, 0.3) is 0 Å². The fraction of sp³-hybridized carbons (Fsp3) is 0.500. The molecule has 116 valence electrons. The lowest BCUT2D eigenvalue weighted by Gasteiger charge is -2.42. The van der Waals surface area contributed by atoms with Gasteiger partial charge in [-0.25, -0.2) is 0 Å². The third kappa shape index (κ3) is 3.65. The molecule has 0 saturated carbocycles. The van der Waals surface area contributed by atoms with Crippen molar-refractivity contribution in [2.45, 2.75) is 58.2 Å². The number of rotatable bonds is 7. The number of carbonyl (C=O) groups is 1. The Balaban J connectivity index is 3.10. The number of carbonyl (C=O) groups excluding carboxylic acids is 1. The van der Waals surface area contributed by atoms with Crippen LogP contribution >= 0.6 is 0 Å². The van der Waals surface area contributed by atoms with Gasteiger partial charge in [0.2, 0.25) is 0 Å². The van der Waals surface area contributed by atoms with Crippen LogP contribution in [0.15, 0.2) is 36.9 Å². The Morgan fingerprint density at radius 2 is 1.43 bits per heavy atom. The summed E-state index contributed by atoms with van der Waals surface area (Å²) in [7, 11) is -1.93. The van der Waals surface area contributed by atoms with Crippen molar-refractivity contribution in [1.82, 2.24) is 0 Å². The van der Waals surface area contributed by atoms with Gasteiger partial charge in [-0.1, -0.05) is 48.1 Å². The van der Waals surface area contributed by atoms with Gasteiger partial charge in [0.1, 0.15) is 5.75 Å². The van der Waals surface area contributed by atoms with E-state index in [-0.39, 0.29) is 5.78 Å². The molecule has 2 nitrogen and oxygen atoms in total. The zero-order chi connectivity index (χ0) is 16.2. The Labute approximate surface area is 130 Å². The summed E-state index contributed by atoms with van der Waals surface area (Å²) >= 11 is 0. The van der Waals surface area contributed by atoms with Crippen LogP contribution in [0.2, 0.25) is 16.6 Å². The molecule has 0 atom stereocenters. The van der Waals surface area contributed by atoms with E-state index in [1.165, 1.54) is 6.08 Å². The van der Waals surface area contributed by atoms with Crippen molar-refractivity contribution in [2.75, 3.05) is 0 Å². The summed E-state index contributed by atoms with van der Waals surface area (Å²) in [6, 6.07) is 7.45. The van der Waals surface area contributed by atoms with Gasteiger partial charge in [-0.2, -0.15) is 0 Å². The molecule has 0 spiro atoms. The van der Waals surface area contributed by atoms with Gasteiger partial charge in [-0.05, 0) is 47.0 Å². The highest BCUT2D eigenvalue weighted by Crippen LogP contribution is 2.42. The van der Waals surface area contributed by atoms with E-state index in [4.69, 9.17) is 4.43 Å². The Morgan fingerprint density at radius 3 is 1.76 bits per heavy atom. The van der Waals surface area contributed by atoms with Gasteiger partial charge in [-0.3, -0.25) is 4.79 Å². The number of allylic oxidation sites excluding steroid dienone is 1. The van der Waals surface area contributed by atoms with E-state index < -0.39 is 8.32 Å². The highest BCUT2D eigenvalue weighted by atomic mass is 28.4. The van der Waals surface area contributed by atoms with E-state index in [0.717, 1.165) is 5.75 Å². The van der Waals surface area contributed by atoms with Crippen LogP contribution in [0.1, 0.15) is 51.9 Å². The molecule has 1 aromatic rings. The van der Waals surface area contributed by atoms with E-state index in [0.29, 0.717) is 22.2 Å². The number of hydrogen-bond donors (Lipinski definition) is 0. The first-order chi connectivity index (χ1) is 9.75. The van der Waals surface area contributed by atoms with Crippen LogP contribution in [-0.2, 0) is 0 Å². The lowest BCUT2D eigenvalue weighted by Crippen LogP contribution is -2.50. The van der Waals surface area contributed by atoms with E-state index in [1.807, 2.05) is 24.3 Å². The van der Waals surface area contributed by atoms with Crippen molar-refractivity contribution in [3.8, 4) is 5.75 Å². The normalized spacial score (nSPS) is 12.0. The summed E-state index contributed by atoms with van der Waals surface area (Å²) < 4.78 is 6.56. The molecule has 3 heteroatoms. The van der Waals surface area contributed by atoms with Crippen molar-refractivity contribution in [3.63, 3.8) is 0 Å². The average Bonchev–Trinajstić information content (AvgIpc) is 2.43. The summed E-state index contributed by atoms with van der Waals surface area (Å²) in [5.74, 6) is 0.819. The third-order valence-electron chi connectivity index (χ3n) is 4.33. The molecule has 0 heterocycles. The lowest BCUT2D eigenvalue weighted by molar-refractivity contribution is 0.104. The van der Waals surface area contributed by atoms with Crippen LogP contribution in [-0.4, -0.2) is 14.1 Å². The van der Waals surface area contributed by atoms with Gasteiger partial charge in [0.25, 0.3) is 8.32 Å². The Morgan fingerprint density at radius 1 is 1.00 bits per heavy atom. The van der Waals surface area contributed by atoms with Gasteiger partial charge in [0.15, 0.2) is 5.78 Å². The second-order valence-corrected chi connectivity index (χ2v) is 11.9. The molecule has 0 aliphatic carbocycles. The molecule has 0 N–H and O–H groups in total. The molecule has 0 aromatic heterocycles. The monoisotopic (exact) mass is 304 g/mol. The molecule has 0 bridgehead atoms. The van der Waals surface area contributed by atoms with Crippen molar-refractivity contribution in [3.05, 3.63) is 42.5 Å². The first kappa shape index (κ1) is 17.7. The first-order valence-corrected chi connectivity index (χ1v) is 9.85. The second-order valence-electron chi connectivity index (χ2n) is 6.51. The van der Waals surface area contributed by atoms with E-state index >= 15 is 0 Å². The fourth-order valence-corrected chi connectivity index (χ4v) is 8.61. The van der Waals surface area contributed by atoms with E-state index in [9.17, 15) is 4.79 Å². The second kappa shape index (κ2) is 7.08. The molecule has 0 amide bonds. The molecule has 1 rings (SSSR count). The third-order valence-corrected chi connectivity index (χ3v) is 10.3. The van der Waals surface area contributed by atoms with Crippen LogP contribution in [0.4, 0.5) is 0 Å². The van der Waals surface area contributed by atoms with Gasteiger partial charge in [-0.15, -0.1) is 0 Å². The van der Waals surface area contributed by atoms with Gasteiger partial charge in [0, 0.05) is 5.56 Å². The minimum atomic E-state index is -1.93. The molecule has 1 aromatic carbocycles. The van der Waals surface area contributed by atoms with Crippen LogP contribution < -0.4 is 4.43 Å². The van der Waals surface area contributed by atoms with Crippen LogP contribution in [0, 0.1) is 0 Å². The maximum atomic E-state index is 11.6. The van der Waals surface area contributed by atoms with Gasteiger partial charge < -0.3 is 4.43 Å². The van der Waals surface area contributed by atoms with Crippen LogP contribution in [0.3, 0.4) is 0 Å². The average molecular weight is 305 g/mol. The lowest BCUT2D eigenvalue weighted by atomic mass is 10.1. The summed E-state index contributed by atoms with van der Waals surface area (Å²) in [5.41, 5.74) is 2.26. The number of hydrogen-bond acceptors (Lipinski definition) is 2. The summed E-state index contributed by atoms with van der Waals surface area (Å²) in [6.07, 6.45) is 1.34. The first-order valence-electron chi connectivity index (χ1n) is 7.71. The molecule has 21 heavy (non-hydrogen) atoms.